The van der Waals surface area contributed by atoms with Gasteiger partial charge in [-0.3, -0.25) is 9.59 Å². The van der Waals surface area contributed by atoms with Crippen molar-refractivity contribution in [2.75, 3.05) is 6.61 Å². The number of aliphatic hydroxyl groups is 2. The van der Waals surface area contributed by atoms with Crippen LogP contribution in [0.3, 0.4) is 0 Å². The molecule has 3 atom stereocenters. The number of unbranched alkanes of at least 4 members (excludes halogenated alkanes) is 23. The lowest BCUT2D eigenvalue weighted by atomic mass is 10.0. The highest BCUT2D eigenvalue weighted by atomic mass is 16.5. The van der Waals surface area contributed by atoms with E-state index in [0.29, 0.717) is 12.8 Å². The predicted molar refractivity (Wildman–Crippen MR) is 222 cm³/mol. The van der Waals surface area contributed by atoms with E-state index < -0.39 is 18.2 Å². The monoisotopic (exact) mass is 732 g/mol. The van der Waals surface area contributed by atoms with Crippen molar-refractivity contribution >= 4 is 11.9 Å². The van der Waals surface area contributed by atoms with Gasteiger partial charge in [-0.2, -0.15) is 0 Å². The number of esters is 1. The molecule has 6 heteroatoms. The van der Waals surface area contributed by atoms with Crippen LogP contribution < -0.4 is 5.32 Å². The van der Waals surface area contributed by atoms with Gasteiger partial charge in [0.2, 0.25) is 5.91 Å². The Bertz CT molecular complexity index is 869. The minimum Gasteiger partial charge on any atom is -0.458 e. The average Bonchev–Trinajstić information content (AvgIpc) is 3.13. The maximum Gasteiger partial charge on any atom is 0.306 e. The summed E-state index contributed by atoms with van der Waals surface area (Å²) in [6.45, 7) is 6.38. The van der Waals surface area contributed by atoms with E-state index >= 15 is 0 Å². The predicted octanol–water partition coefficient (Wildman–Crippen LogP) is 12.6. The van der Waals surface area contributed by atoms with Crippen LogP contribution in [0.2, 0.25) is 0 Å². The summed E-state index contributed by atoms with van der Waals surface area (Å²) in [5.41, 5.74) is 0. The number of aliphatic hydroxyl groups excluding tert-OH is 2. The van der Waals surface area contributed by atoms with E-state index in [1.54, 1.807) is 0 Å². The molecule has 0 aliphatic rings. The SMILES string of the molecule is CCCC/C=C\CCCCCCCC(=O)OC(/C=C/C/C=C\CCCCCCCC)CC(=O)NC(CO)C(O)CCCCCCCCCCCCC. The molecule has 3 unspecified atom stereocenters. The van der Waals surface area contributed by atoms with Crippen molar-refractivity contribution in [2.45, 2.75) is 238 Å². The van der Waals surface area contributed by atoms with Crippen molar-refractivity contribution in [1.29, 1.82) is 0 Å². The number of carbonyl (C=O) groups excluding carboxylic acids is 2. The molecule has 0 saturated heterocycles. The highest BCUT2D eigenvalue weighted by molar-refractivity contribution is 5.78. The van der Waals surface area contributed by atoms with Crippen LogP contribution in [-0.2, 0) is 14.3 Å². The van der Waals surface area contributed by atoms with Crippen molar-refractivity contribution in [3.63, 3.8) is 0 Å². The summed E-state index contributed by atoms with van der Waals surface area (Å²) in [6.07, 6.45) is 45.2. The Hall–Kier alpha value is -1.92. The first-order valence-corrected chi connectivity index (χ1v) is 22.2. The summed E-state index contributed by atoms with van der Waals surface area (Å²) in [4.78, 5) is 25.8. The second-order valence-electron chi connectivity index (χ2n) is 15.1. The number of ether oxygens (including phenoxy) is 1. The Morgan fingerprint density at radius 1 is 0.577 bits per heavy atom. The zero-order valence-electron chi connectivity index (χ0n) is 34.4. The topological polar surface area (TPSA) is 95.9 Å². The summed E-state index contributed by atoms with van der Waals surface area (Å²) in [6, 6.07) is -0.729. The molecule has 1 amide bonds. The lowest BCUT2D eigenvalue weighted by Gasteiger charge is -2.23. The van der Waals surface area contributed by atoms with E-state index in [0.717, 1.165) is 57.8 Å². The summed E-state index contributed by atoms with van der Waals surface area (Å²) < 4.78 is 5.78. The van der Waals surface area contributed by atoms with Crippen molar-refractivity contribution in [3.05, 3.63) is 36.5 Å². The highest BCUT2D eigenvalue weighted by Gasteiger charge is 2.23. The van der Waals surface area contributed by atoms with Gasteiger partial charge in [0.25, 0.3) is 0 Å². The fourth-order valence-corrected chi connectivity index (χ4v) is 6.49. The molecule has 0 aromatic carbocycles. The molecule has 0 aromatic rings. The van der Waals surface area contributed by atoms with E-state index in [2.05, 4.69) is 50.4 Å². The van der Waals surface area contributed by atoms with Gasteiger partial charge in [0, 0.05) is 6.42 Å². The van der Waals surface area contributed by atoms with Crippen LogP contribution in [0, 0.1) is 0 Å². The van der Waals surface area contributed by atoms with E-state index in [4.69, 9.17) is 4.74 Å². The third kappa shape index (κ3) is 35.1. The molecule has 0 fully saturated rings. The maximum atomic E-state index is 13.1. The highest BCUT2D eigenvalue weighted by Crippen LogP contribution is 2.15. The van der Waals surface area contributed by atoms with Gasteiger partial charge in [-0.25, -0.2) is 0 Å². The molecule has 6 nitrogen and oxygen atoms in total. The molecule has 52 heavy (non-hydrogen) atoms. The van der Waals surface area contributed by atoms with E-state index in [9.17, 15) is 19.8 Å². The lowest BCUT2D eigenvalue weighted by molar-refractivity contribution is -0.148. The van der Waals surface area contributed by atoms with Gasteiger partial charge in [-0.1, -0.05) is 186 Å². The van der Waals surface area contributed by atoms with Crippen LogP contribution >= 0.6 is 0 Å². The second-order valence-corrected chi connectivity index (χ2v) is 15.1. The number of amides is 1. The minimum absolute atomic E-state index is 0.0306. The summed E-state index contributed by atoms with van der Waals surface area (Å²) in [5, 5.41) is 23.5. The molecule has 0 aliphatic carbocycles. The van der Waals surface area contributed by atoms with Crippen LogP contribution in [0.15, 0.2) is 36.5 Å². The number of carbonyl (C=O) groups is 2. The largest absolute Gasteiger partial charge is 0.458 e. The molecular formula is C46H85NO5. The van der Waals surface area contributed by atoms with Crippen molar-refractivity contribution in [1.82, 2.24) is 5.32 Å². The fourth-order valence-electron chi connectivity index (χ4n) is 6.49. The average molecular weight is 732 g/mol. The van der Waals surface area contributed by atoms with Crippen molar-refractivity contribution in [2.24, 2.45) is 0 Å². The van der Waals surface area contributed by atoms with Crippen molar-refractivity contribution in [3.8, 4) is 0 Å². The normalized spacial score (nSPS) is 13.7. The van der Waals surface area contributed by atoms with Crippen molar-refractivity contribution < 1.29 is 24.5 Å². The zero-order chi connectivity index (χ0) is 38.2. The number of hydrogen-bond acceptors (Lipinski definition) is 5. The smallest absolute Gasteiger partial charge is 0.306 e. The van der Waals surface area contributed by atoms with Gasteiger partial charge in [0.05, 0.1) is 25.2 Å². The minimum atomic E-state index is -0.807. The molecule has 3 N–H and O–H groups in total. The molecule has 304 valence electrons. The molecule has 0 aromatic heterocycles. The second kappa shape index (κ2) is 40.3. The van der Waals surface area contributed by atoms with Crippen LogP contribution in [0.4, 0.5) is 0 Å². The third-order valence-electron chi connectivity index (χ3n) is 9.94. The number of nitrogens with one attached hydrogen (secondary N) is 1. The van der Waals surface area contributed by atoms with Gasteiger partial charge in [0.15, 0.2) is 0 Å². The molecule has 0 spiro atoms. The fraction of sp³-hybridized carbons (Fsp3) is 0.826. The van der Waals surface area contributed by atoms with E-state index in [-0.39, 0.29) is 24.9 Å². The van der Waals surface area contributed by atoms with Gasteiger partial charge in [0.1, 0.15) is 6.10 Å². The Balaban J connectivity index is 4.69. The lowest BCUT2D eigenvalue weighted by Crippen LogP contribution is -2.46. The first-order valence-electron chi connectivity index (χ1n) is 22.2. The third-order valence-corrected chi connectivity index (χ3v) is 9.94. The molecule has 0 heterocycles. The summed E-state index contributed by atoms with van der Waals surface area (Å²) in [5.74, 6) is -0.614. The number of rotatable bonds is 39. The first-order chi connectivity index (χ1) is 25.5. The van der Waals surface area contributed by atoms with E-state index in [1.807, 2.05) is 12.2 Å². The Labute approximate surface area is 322 Å². The maximum absolute atomic E-state index is 13.1. The number of hydrogen-bond donors (Lipinski definition) is 3. The van der Waals surface area contributed by atoms with E-state index in [1.165, 1.54) is 122 Å². The Morgan fingerprint density at radius 3 is 1.58 bits per heavy atom. The molecule has 0 rings (SSSR count). The van der Waals surface area contributed by atoms with Gasteiger partial charge in [-0.05, 0) is 57.4 Å². The first kappa shape index (κ1) is 50.1. The Morgan fingerprint density at radius 2 is 1.04 bits per heavy atom. The Kier molecular flexibility index (Phi) is 38.8. The molecule has 0 bridgehead atoms. The molecule has 0 saturated carbocycles. The van der Waals surface area contributed by atoms with Crippen LogP contribution in [0.5, 0.6) is 0 Å². The zero-order valence-corrected chi connectivity index (χ0v) is 34.4. The van der Waals surface area contributed by atoms with Crippen LogP contribution in [0.1, 0.15) is 220 Å². The van der Waals surface area contributed by atoms with Crippen LogP contribution in [-0.4, -0.2) is 46.9 Å². The quantitative estimate of drug-likeness (QED) is 0.0332. The molecule has 0 aliphatic heterocycles. The number of allylic oxidation sites excluding steroid dienone is 5. The summed E-state index contributed by atoms with van der Waals surface area (Å²) in [7, 11) is 0. The summed E-state index contributed by atoms with van der Waals surface area (Å²) >= 11 is 0. The molecule has 0 radical (unpaired) electrons. The van der Waals surface area contributed by atoms with Gasteiger partial charge < -0.3 is 20.3 Å². The van der Waals surface area contributed by atoms with Crippen LogP contribution in [0.25, 0.3) is 0 Å². The van der Waals surface area contributed by atoms with Gasteiger partial charge >= 0.3 is 5.97 Å². The molecular weight excluding hydrogens is 647 g/mol. The standard InChI is InChI=1S/C46H85NO5/c1-4-7-10-13-16-19-22-25-28-31-34-37-42(52-46(51)39-36-33-30-27-24-21-18-15-12-9-6-3)40-45(50)47-43(41-48)44(49)38-35-32-29-26-23-20-17-14-11-8-5-2/h15,18,25,28,34,37,42-44,48-49H,4-14,16-17,19-24,26-27,29-33,35-36,38-41H2,1-3H3,(H,47,50)/b18-15-,28-25-,37-34+. The van der Waals surface area contributed by atoms with Gasteiger partial charge in [-0.15, -0.1) is 0 Å².